The summed E-state index contributed by atoms with van der Waals surface area (Å²) in [6.45, 7) is 4.90. The standard InChI is InChI=1S/C14H16N4S/c1-9-4-3-5-12-13(9)17-14(15)18(12)7-6-11-8-19-10(2)16-11/h3-5,8H,6-7H2,1-2H3,(H2,15,17). The van der Waals surface area contributed by atoms with Crippen LogP contribution in [0.15, 0.2) is 23.6 Å². The lowest BCUT2D eigenvalue weighted by Crippen LogP contribution is -2.05. The van der Waals surface area contributed by atoms with E-state index in [2.05, 4.69) is 39.0 Å². The number of thiazole rings is 1. The van der Waals surface area contributed by atoms with Crippen molar-refractivity contribution in [3.63, 3.8) is 0 Å². The number of hydrogen-bond donors (Lipinski definition) is 1. The summed E-state index contributed by atoms with van der Waals surface area (Å²) in [6.07, 6.45) is 0.883. The summed E-state index contributed by atoms with van der Waals surface area (Å²) in [7, 11) is 0. The number of fused-ring (bicyclic) bond motifs is 1. The van der Waals surface area contributed by atoms with Gasteiger partial charge in [-0.15, -0.1) is 11.3 Å². The maximum atomic E-state index is 6.03. The van der Waals surface area contributed by atoms with Gasteiger partial charge in [0, 0.05) is 18.3 Å². The van der Waals surface area contributed by atoms with Crippen molar-refractivity contribution >= 4 is 28.3 Å². The number of rotatable bonds is 3. The molecule has 2 N–H and O–H groups in total. The Morgan fingerprint density at radius 2 is 2.11 bits per heavy atom. The zero-order chi connectivity index (χ0) is 13.4. The van der Waals surface area contributed by atoms with Gasteiger partial charge in [-0.1, -0.05) is 12.1 Å². The van der Waals surface area contributed by atoms with Crippen molar-refractivity contribution in [2.24, 2.45) is 0 Å². The van der Waals surface area contributed by atoms with E-state index in [4.69, 9.17) is 5.73 Å². The SMILES string of the molecule is Cc1nc(CCn2c(N)nc3c(C)cccc32)cs1. The number of hydrogen-bond acceptors (Lipinski definition) is 4. The summed E-state index contributed by atoms with van der Waals surface area (Å²) in [5.74, 6) is 0.580. The third kappa shape index (κ3) is 2.21. The van der Waals surface area contributed by atoms with Crippen LogP contribution in [0.2, 0.25) is 0 Å². The van der Waals surface area contributed by atoms with Crippen molar-refractivity contribution in [3.05, 3.63) is 39.8 Å². The molecule has 0 spiro atoms. The van der Waals surface area contributed by atoms with E-state index in [1.54, 1.807) is 11.3 Å². The molecule has 1 aromatic carbocycles. The smallest absolute Gasteiger partial charge is 0.201 e. The summed E-state index contributed by atoms with van der Waals surface area (Å²) in [5, 5.41) is 3.21. The number of para-hydroxylation sites is 1. The van der Waals surface area contributed by atoms with Gasteiger partial charge >= 0.3 is 0 Å². The van der Waals surface area contributed by atoms with Gasteiger partial charge in [-0.05, 0) is 25.5 Å². The predicted octanol–water partition coefficient (Wildman–Crippen LogP) is 2.93. The largest absolute Gasteiger partial charge is 0.369 e. The average Bonchev–Trinajstić information content (AvgIpc) is 2.92. The summed E-state index contributed by atoms with van der Waals surface area (Å²) in [4.78, 5) is 8.93. The van der Waals surface area contributed by atoms with Gasteiger partial charge in [0.25, 0.3) is 0 Å². The molecule has 0 bridgehead atoms. The van der Waals surface area contributed by atoms with Gasteiger partial charge in [-0.2, -0.15) is 0 Å². The fraction of sp³-hybridized carbons (Fsp3) is 0.286. The number of aryl methyl sites for hydroxylation is 4. The van der Waals surface area contributed by atoms with Gasteiger partial charge in [-0.25, -0.2) is 9.97 Å². The Morgan fingerprint density at radius 1 is 1.26 bits per heavy atom. The highest BCUT2D eigenvalue weighted by molar-refractivity contribution is 7.09. The molecule has 0 saturated carbocycles. The fourth-order valence-electron chi connectivity index (χ4n) is 2.29. The van der Waals surface area contributed by atoms with Crippen LogP contribution >= 0.6 is 11.3 Å². The van der Waals surface area contributed by atoms with Crippen LogP contribution in [0.1, 0.15) is 16.3 Å². The van der Waals surface area contributed by atoms with Crippen LogP contribution in [0, 0.1) is 13.8 Å². The molecular weight excluding hydrogens is 256 g/mol. The lowest BCUT2D eigenvalue weighted by Gasteiger charge is -2.05. The van der Waals surface area contributed by atoms with Gasteiger partial charge in [0.15, 0.2) is 0 Å². The summed E-state index contributed by atoms with van der Waals surface area (Å²) in [5.41, 5.74) is 10.4. The number of imidazole rings is 1. The molecule has 19 heavy (non-hydrogen) atoms. The second-order valence-electron chi connectivity index (χ2n) is 4.67. The molecule has 3 rings (SSSR count). The third-order valence-electron chi connectivity index (χ3n) is 3.27. The van der Waals surface area contributed by atoms with Crippen molar-refractivity contribution in [1.82, 2.24) is 14.5 Å². The van der Waals surface area contributed by atoms with Crippen LogP contribution in [0.4, 0.5) is 5.95 Å². The van der Waals surface area contributed by atoms with E-state index in [0.29, 0.717) is 5.95 Å². The van der Waals surface area contributed by atoms with Crippen LogP contribution < -0.4 is 5.73 Å². The first-order chi connectivity index (χ1) is 9.15. The van der Waals surface area contributed by atoms with E-state index in [1.165, 1.54) is 0 Å². The molecule has 0 unspecified atom stereocenters. The highest BCUT2D eigenvalue weighted by Gasteiger charge is 2.10. The van der Waals surface area contributed by atoms with Gasteiger partial charge in [0.1, 0.15) is 0 Å². The average molecular weight is 272 g/mol. The van der Waals surface area contributed by atoms with Crippen molar-refractivity contribution in [2.75, 3.05) is 5.73 Å². The first-order valence-corrected chi connectivity index (χ1v) is 7.15. The Hall–Kier alpha value is -1.88. The quantitative estimate of drug-likeness (QED) is 0.797. The second kappa shape index (κ2) is 4.66. The van der Waals surface area contributed by atoms with Crippen molar-refractivity contribution in [2.45, 2.75) is 26.8 Å². The molecule has 0 atom stereocenters. The number of aromatic nitrogens is 3. The molecule has 0 saturated heterocycles. The Kier molecular flexibility index (Phi) is 2.98. The molecule has 0 aliphatic carbocycles. The molecule has 2 aromatic heterocycles. The third-order valence-corrected chi connectivity index (χ3v) is 4.09. The van der Waals surface area contributed by atoms with E-state index in [-0.39, 0.29) is 0 Å². The van der Waals surface area contributed by atoms with Gasteiger partial charge < -0.3 is 10.3 Å². The minimum absolute atomic E-state index is 0.580. The van der Waals surface area contributed by atoms with E-state index in [9.17, 15) is 0 Å². The lowest BCUT2D eigenvalue weighted by molar-refractivity contribution is 0.715. The number of anilines is 1. The highest BCUT2D eigenvalue weighted by Crippen LogP contribution is 2.21. The number of nitrogen functional groups attached to an aromatic ring is 1. The molecule has 4 nitrogen and oxygen atoms in total. The topological polar surface area (TPSA) is 56.7 Å². The van der Waals surface area contributed by atoms with E-state index in [1.807, 2.05) is 13.0 Å². The van der Waals surface area contributed by atoms with Crippen molar-refractivity contribution in [3.8, 4) is 0 Å². The maximum Gasteiger partial charge on any atom is 0.201 e. The zero-order valence-electron chi connectivity index (χ0n) is 11.1. The van der Waals surface area contributed by atoms with Crippen LogP contribution in [0.3, 0.4) is 0 Å². The molecule has 98 valence electrons. The molecule has 0 fully saturated rings. The molecule has 0 aliphatic rings. The minimum Gasteiger partial charge on any atom is -0.369 e. The molecule has 2 heterocycles. The van der Waals surface area contributed by atoms with Gasteiger partial charge in [-0.3, -0.25) is 0 Å². The van der Waals surface area contributed by atoms with Gasteiger partial charge in [0.2, 0.25) is 5.95 Å². The summed E-state index contributed by atoms with van der Waals surface area (Å²) >= 11 is 1.68. The normalized spacial score (nSPS) is 11.3. The van der Waals surface area contributed by atoms with Gasteiger partial charge in [0.05, 0.1) is 21.7 Å². The van der Waals surface area contributed by atoms with Crippen molar-refractivity contribution in [1.29, 1.82) is 0 Å². The van der Waals surface area contributed by atoms with Crippen LogP contribution in [-0.4, -0.2) is 14.5 Å². The molecular formula is C14H16N4S. The molecule has 0 amide bonds. The Labute approximate surface area is 115 Å². The van der Waals surface area contributed by atoms with E-state index < -0.39 is 0 Å². The minimum atomic E-state index is 0.580. The van der Waals surface area contributed by atoms with E-state index in [0.717, 1.165) is 40.3 Å². The lowest BCUT2D eigenvalue weighted by atomic mass is 10.2. The Balaban J connectivity index is 1.92. The zero-order valence-corrected chi connectivity index (χ0v) is 11.9. The Morgan fingerprint density at radius 3 is 2.84 bits per heavy atom. The van der Waals surface area contributed by atoms with Crippen LogP contribution in [0.5, 0.6) is 0 Å². The molecule has 3 aromatic rings. The number of benzene rings is 1. The molecule has 0 aliphatic heterocycles. The first-order valence-electron chi connectivity index (χ1n) is 6.27. The molecule has 0 radical (unpaired) electrons. The maximum absolute atomic E-state index is 6.03. The fourth-order valence-corrected chi connectivity index (χ4v) is 2.94. The monoisotopic (exact) mass is 272 g/mol. The summed E-state index contributed by atoms with van der Waals surface area (Å²) in [6, 6.07) is 6.17. The number of nitrogens with zero attached hydrogens (tertiary/aromatic N) is 3. The first kappa shape index (κ1) is 12.2. The van der Waals surface area contributed by atoms with Crippen LogP contribution in [0.25, 0.3) is 11.0 Å². The highest BCUT2D eigenvalue weighted by atomic mass is 32.1. The van der Waals surface area contributed by atoms with Crippen molar-refractivity contribution < 1.29 is 0 Å². The van der Waals surface area contributed by atoms with Crippen LogP contribution in [-0.2, 0) is 13.0 Å². The predicted molar refractivity (Wildman–Crippen MR) is 79.4 cm³/mol. The van der Waals surface area contributed by atoms with E-state index >= 15 is 0 Å². The summed E-state index contributed by atoms with van der Waals surface area (Å²) < 4.78 is 2.07. The molecule has 5 heteroatoms. The Bertz CT molecular complexity index is 726. The number of nitrogens with two attached hydrogens (primary N) is 1. The second-order valence-corrected chi connectivity index (χ2v) is 5.73.